The van der Waals surface area contributed by atoms with Crippen molar-refractivity contribution in [1.29, 1.82) is 0 Å². The summed E-state index contributed by atoms with van der Waals surface area (Å²) in [4.78, 5) is -0.366. The molecule has 0 saturated carbocycles. The molecule has 20 heavy (non-hydrogen) atoms. The molecule has 2 rings (SSSR count). The molecule has 5 nitrogen and oxygen atoms in total. The minimum absolute atomic E-state index is 0.171. The van der Waals surface area contributed by atoms with Crippen molar-refractivity contribution in [3.8, 4) is 0 Å². The summed E-state index contributed by atoms with van der Waals surface area (Å²) in [6.07, 6.45) is 1.22. The fourth-order valence-corrected chi connectivity index (χ4v) is 3.76. The predicted octanol–water partition coefficient (Wildman–Crippen LogP) is 1.52. The van der Waals surface area contributed by atoms with Gasteiger partial charge < -0.3 is 10.5 Å². The second-order valence-electron chi connectivity index (χ2n) is 5.00. The molecular formula is C13H19FN2O3S. The first-order valence-electron chi connectivity index (χ1n) is 6.45. The summed E-state index contributed by atoms with van der Waals surface area (Å²) < 4.78 is 45.4. The van der Waals surface area contributed by atoms with Crippen molar-refractivity contribution in [2.24, 2.45) is 0 Å². The lowest BCUT2D eigenvalue weighted by atomic mass is 10.1. The van der Waals surface area contributed by atoms with Crippen LogP contribution in [0.25, 0.3) is 0 Å². The molecule has 2 N–H and O–H groups in total. The number of sulfonamides is 1. The zero-order valence-electron chi connectivity index (χ0n) is 11.6. The maximum atomic E-state index is 14.0. The molecule has 0 radical (unpaired) electrons. The molecule has 0 bridgehead atoms. The monoisotopic (exact) mass is 302 g/mol. The Morgan fingerprint density at radius 2 is 1.95 bits per heavy atom. The van der Waals surface area contributed by atoms with Crippen LogP contribution in [0.15, 0.2) is 17.0 Å². The maximum Gasteiger partial charge on any atom is 0.246 e. The van der Waals surface area contributed by atoms with Crippen LogP contribution in [0.1, 0.15) is 18.4 Å². The van der Waals surface area contributed by atoms with Crippen LogP contribution < -0.4 is 5.73 Å². The van der Waals surface area contributed by atoms with Crippen LogP contribution >= 0.6 is 0 Å². The zero-order chi connectivity index (χ0) is 14.9. The number of nitrogen functional groups attached to an aromatic ring is 1. The van der Waals surface area contributed by atoms with Gasteiger partial charge in [0.1, 0.15) is 10.7 Å². The summed E-state index contributed by atoms with van der Waals surface area (Å²) in [6.45, 7) is 2.67. The Morgan fingerprint density at radius 3 is 2.55 bits per heavy atom. The topological polar surface area (TPSA) is 72.6 Å². The van der Waals surface area contributed by atoms with E-state index in [4.69, 9.17) is 10.5 Å². The molecule has 0 amide bonds. The average Bonchev–Trinajstić information content (AvgIpc) is 2.42. The molecule has 0 spiro atoms. The molecule has 1 fully saturated rings. The standard InChI is InChI=1S/C13H19FN2O3S/c1-9-7-11(14)13(8-12(9)15)20(17,18)16(2)10-3-5-19-6-4-10/h7-8,10H,3-6,15H2,1-2H3. The number of hydrogen-bond acceptors (Lipinski definition) is 4. The third-order valence-corrected chi connectivity index (χ3v) is 5.61. The van der Waals surface area contributed by atoms with Crippen LogP contribution in [-0.4, -0.2) is 39.0 Å². The van der Waals surface area contributed by atoms with Gasteiger partial charge in [0.25, 0.3) is 0 Å². The van der Waals surface area contributed by atoms with Gasteiger partial charge in [0.15, 0.2) is 0 Å². The van der Waals surface area contributed by atoms with Crippen molar-refractivity contribution in [3.63, 3.8) is 0 Å². The largest absolute Gasteiger partial charge is 0.398 e. The maximum absolute atomic E-state index is 14.0. The first-order valence-corrected chi connectivity index (χ1v) is 7.89. The molecule has 0 aromatic heterocycles. The second-order valence-corrected chi connectivity index (χ2v) is 6.97. The van der Waals surface area contributed by atoms with Crippen molar-refractivity contribution >= 4 is 15.7 Å². The number of rotatable bonds is 3. The van der Waals surface area contributed by atoms with Gasteiger partial charge in [-0.1, -0.05) is 0 Å². The third kappa shape index (κ3) is 2.79. The number of nitrogens with zero attached hydrogens (tertiary/aromatic N) is 1. The third-order valence-electron chi connectivity index (χ3n) is 3.68. The quantitative estimate of drug-likeness (QED) is 0.859. The van der Waals surface area contributed by atoms with Crippen LogP contribution in [0.3, 0.4) is 0 Å². The van der Waals surface area contributed by atoms with E-state index >= 15 is 0 Å². The average molecular weight is 302 g/mol. The second kappa shape index (κ2) is 5.67. The molecule has 1 aliphatic rings. The molecule has 0 unspecified atom stereocenters. The van der Waals surface area contributed by atoms with Gasteiger partial charge in [-0.25, -0.2) is 12.8 Å². The summed E-state index contributed by atoms with van der Waals surface area (Å²) >= 11 is 0. The summed E-state index contributed by atoms with van der Waals surface area (Å²) in [5.41, 5.74) is 6.49. The van der Waals surface area contributed by atoms with Crippen LogP contribution in [0.4, 0.5) is 10.1 Å². The number of anilines is 1. The van der Waals surface area contributed by atoms with E-state index in [1.807, 2.05) is 0 Å². The lowest BCUT2D eigenvalue weighted by Crippen LogP contribution is -2.40. The van der Waals surface area contributed by atoms with Crippen molar-refractivity contribution in [1.82, 2.24) is 4.31 Å². The van der Waals surface area contributed by atoms with Gasteiger partial charge in [-0.2, -0.15) is 4.31 Å². The molecular weight excluding hydrogens is 283 g/mol. The van der Waals surface area contributed by atoms with Gasteiger partial charge >= 0.3 is 0 Å². The summed E-state index contributed by atoms with van der Waals surface area (Å²) in [7, 11) is -2.41. The highest BCUT2D eigenvalue weighted by molar-refractivity contribution is 7.89. The Labute approximate surface area is 118 Å². The lowest BCUT2D eigenvalue weighted by Gasteiger charge is -2.30. The van der Waals surface area contributed by atoms with E-state index in [1.54, 1.807) is 6.92 Å². The van der Waals surface area contributed by atoms with E-state index in [1.165, 1.54) is 17.4 Å². The van der Waals surface area contributed by atoms with Crippen LogP contribution in [0, 0.1) is 12.7 Å². The van der Waals surface area contributed by atoms with Gasteiger partial charge in [-0.3, -0.25) is 0 Å². The van der Waals surface area contributed by atoms with Gasteiger partial charge in [0, 0.05) is 32.0 Å². The van der Waals surface area contributed by atoms with Crippen LogP contribution in [0.5, 0.6) is 0 Å². The molecule has 1 heterocycles. The van der Waals surface area contributed by atoms with Gasteiger partial charge in [-0.05, 0) is 37.5 Å². The fraction of sp³-hybridized carbons (Fsp3) is 0.538. The van der Waals surface area contributed by atoms with E-state index in [2.05, 4.69) is 0 Å². The Bertz CT molecular complexity index is 598. The Morgan fingerprint density at radius 1 is 1.35 bits per heavy atom. The van der Waals surface area contributed by atoms with Crippen molar-refractivity contribution in [2.45, 2.75) is 30.7 Å². The summed E-state index contributed by atoms with van der Waals surface area (Å²) in [6, 6.07) is 2.17. The van der Waals surface area contributed by atoms with E-state index in [-0.39, 0.29) is 16.6 Å². The summed E-state index contributed by atoms with van der Waals surface area (Å²) in [5.74, 6) is -0.768. The van der Waals surface area contributed by atoms with Gasteiger partial charge in [0.2, 0.25) is 10.0 Å². The van der Waals surface area contributed by atoms with Crippen LogP contribution in [0.2, 0.25) is 0 Å². The highest BCUT2D eigenvalue weighted by Gasteiger charge is 2.31. The van der Waals surface area contributed by atoms with E-state index in [0.717, 1.165) is 6.07 Å². The SMILES string of the molecule is Cc1cc(F)c(S(=O)(=O)N(C)C2CCOCC2)cc1N. The summed E-state index contributed by atoms with van der Waals surface area (Å²) in [5, 5.41) is 0. The number of aryl methyl sites for hydroxylation is 1. The fourth-order valence-electron chi connectivity index (χ4n) is 2.27. The number of hydrogen-bond donors (Lipinski definition) is 1. The zero-order valence-corrected chi connectivity index (χ0v) is 12.4. The van der Waals surface area contributed by atoms with Crippen molar-refractivity contribution in [3.05, 3.63) is 23.5 Å². The van der Waals surface area contributed by atoms with Crippen molar-refractivity contribution in [2.75, 3.05) is 26.0 Å². The minimum atomic E-state index is -3.89. The lowest BCUT2D eigenvalue weighted by molar-refractivity contribution is 0.0631. The predicted molar refractivity (Wildman–Crippen MR) is 74.3 cm³/mol. The normalized spacial score (nSPS) is 17.6. The smallest absolute Gasteiger partial charge is 0.246 e. The molecule has 1 aromatic rings. The van der Waals surface area contributed by atoms with E-state index in [9.17, 15) is 12.8 Å². The first-order chi connectivity index (χ1) is 9.34. The Kier molecular flexibility index (Phi) is 4.31. The van der Waals surface area contributed by atoms with E-state index < -0.39 is 15.8 Å². The highest BCUT2D eigenvalue weighted by atomic mass is 32.2. The highest BCUT2D eigenvalue weighted by Crippen LogP contribution is 2.26. The molecule has 7 heteroatoms. The number of ether oxygens (including phenoxy) is 1. The first kappa shape index (κ1) is 15.2. The molecule has 1 aliphatic heterocycles. The Balaban J connectivity index is 2.36. The van der Waals surface area contributed by atoms with Crippen LogP contribution in [-0.2, 0) is 14.8 Å². The van der Waals surface area contributed by atoms with Gasteiger partial charge in [0.05, 0.1) is 0 Å². The molecule has 1 aromatic carbocycles. The number of nitrogens with two attached hydrogens (primary N) is 1. The molecule has 0 atom stereocenters. The number of benzene rings is 1. The minimum Gasteiger partial charge on any atom is -0.398 e. The van der Waals surface area contributed by atoms with Gasteiger partial charge in [-0.15, -0.1) is 0 Å². The van der Waals surface area contributed by atoms with Crippen molar-refractivity contribution < 1.29 is 17.5 Å². The number of halogens is 1. The molecule has 112 valence electrons. The molecule has 1 saturated heterocycles. The van der Waals surface area contributed by atoms with E-state index in [0.29, 0.717) is 31.6 Å². The Hall–Kier alpha value is -1.18. The molecule has 0 aliphatic carbocycles.